The highest BCUT2D eigenvalue weighted by Gasteiger charge is 2.51. The van der Waals surface area contributed by atoms with E-state index in [-0.39, 0.29) is 17.9 Å². The molecule has 0 bridgehead atoms. The molecule has 1 aromatic carbocycles. The Kier molecular flexibility index (Phi) is 4.15. The molecular formula is C18H25N3O3S. The number of hydrogen-bond acceptors (Lipinski definition) is 4. The predicted molar refractivity (Wildman–Crippen MR) is 97.6 cm³/mol. The number of piperidine rings is 1. The molecule has 6 nitrogen and oxygen atoms in total. The third kappa shape index (κ3) is 3.10. The highest BCUT2D eigenvalue weighted by atomic mass is 32.2. The van der Waals surface area contributed by atoms with Crippen molar-refractivity contribution in [1.82, 2.24) is 14.2 Å². The Morgan fingerprint density at radius 3 is 2.92 bits per heavy atom. The Morgan fingerprint density at radius 2 is 2.16 bits per heavy atom. The van der Waals surface area contributed by atoms with E-state index in [4.69, 9.17) is 0 Å². The van der Waals surface area contributed by atoms with Gasteiger partial charge in [0.15, 0.2) is 0 Å². The molecular weight excluding hydrogens is 338 g/mol. The van der Waals surface area contributed by atoms with Crippen molar-refractivity contribution in [2.24, 2.45) is 11.3 Å². The molecule has 0 amide bonds. The van der Waals surface area contributed by atoms with Gasteiger partial charge in [-0.15, -0.1) is 0 Å². The monoisotopic (exact) mass is 363 g/mol. The number of sulfonamides is 1. The summed E-state index contributed by atoms with van der Waals surface area (Å²) in [6.07, 6.45) is 4.13. The largest absolute Gasteiger partial charge is 0.396 e. The van der Waals surface area contributed by atoms with Crippen LogP contribution in [0.3, 0.4) is 0 Å². The van der Waals surface area contributed by atoms with Crippen LogP contribution >= 0.6 is 0 Å². The third-order valence-corrected chi connectivity index (χ3v) is 7.14. The normalized spacial score (nSPS) is 28.5. The Hall–Kier alpha value is -1.41. The summed E-state index contributed by atoms with van der Waals surface area (Å²) in [7, 11) is -3.20. The van der Waals surface area contributed by atoms with Gasteiger partial charge in [-0.2, -0.15) is 0 Å². The second-order valence-electron chi connectivity index (χ2n) is 7.67. The van der Waals surface area contributed by atoms with Crippen LogP contribution in [0.1, 0.15) is 12.0 Å². The third-order valence-electron chi connectivity index (χ3n) is 5.92. The molecule has 2 aromatic rings. The molecule has 2 saturated heterocycles. The molecule has 0 spiro atoms. The van der Waals surface area contributed by atoms with E-state index in [2.05, 4.69) is 34.1 Å². The van der Waals surface area contributed by atoms with Crippen molar-refractivity contribution in [2.45, 2.75) is 13.0 Å². The fourth-order valence-corrected chi connectivity index (χ4v) is 5.43. The van der Waals surface area contributed by atoms with E-state index in [0.29, 0.717) is 13.1 Å². The summed E-state index contributed by atoms with van der Waals surface area (Å²) >= 11 is 0. The van der Waals surface area contributed by atoms with Crippen molar-refractivity contribution in [2.75, 3.05) is 39.0 Å². The van der Waals surface area contributed by atoms with Gasteiger partial charge in [-0.3, -0.25) is 4.90 Å². The molecule has 3 heterocycles. The lowest BCUT2D eigenvalue weighted by Crippen LogP contribution is -2.50. The molecule has 0 unspecified atom stereocenters. The highest BCUT2D eigenvalue weighted by molar-refractivity contribution is 7.88. The standard InChI is InChI=1S/C18H25N3O3S/c1-25(23,24)21-10-16-5-7-20(11-18(16,12-21)13-22)9-14-2-3-15-4-6-19-17(15)8-14/h2-4,6,8,16,19,22H,5,7,9-13H2,1H3/t16-,18+/m1/s1. The lowest BCUT2D eigenvalue weighted by Gasteiger charge is -2.43. The number of fused-ring (bicyclic) bond motifs is 2. The molecule has 136 valence electrons. The van der Waals surface area contributed by atoms with E-state index in [1.807, 2.05) is 6.20 Å². The highest BCUT2D eigenvalue weighted by Crippen LogP contribution is 2.43. The Bertz CT molecular complexity index is 879. The van der Waals surface area contributed by atoms with Crippen LogP contribution in [-0.4, -0.2) is 66.8 Å². The SMILES string of the molecule is CS(=O)(=O)N1C[C@H]2CCN(Cc3ccc4cc[nH]c4c3)C[C@@]2(CO)C1. The minimum absolute atomic E-state index is 0.0375. The van der Waals surface area contributed by atoms with Gasteiger partial charge < -0.3 is 10.1 Å². The van der Waals surface area contributed by atoms with Crippen molar-refractivity contribution in [3.05, 3.63) is 36.0 Å². The van der Waals surface area contributed by atoms with Gasteiger partial charge in [0.25, 0.3) is 0 Å². The summed E-state index contributed by atoms with van der Waals surface area (Å²) in [6, 6.07) is 8.50. The quantitative estimate of drug-likeness (QED) is 0.857. The fourth-order valence-electron chi connectivity index (χ4n) is 4.49. The molecule has 0 aliphatic carbocycles. The van der Waals surface area contributed by atoms with Crippen LogP contribution in [0, 0.1) is 11.3 Å². The molecule has 0 saturated carbocycles. The number of rotatable bonds is 4. The lowest BCUT2D eigenvalue weighted by molar-refractivity contribution is 0.00885. The number of aromatic amines is 1. The van der Waals surface area contributed by atoms with Crippen molar-refractivity contribution in [3.8, 4) is 0 Å². The first-order chi connectivity index (χ1) is 11.9. The molecule has 1 aromatic heterocycles. The van der Waals surface area contributed by atoms with Crippen molar-refractivity contribution in [1.29, 1.82) is 0 Å². The minimum atomic E-state index is -3.20. The van der Waals surface area contributed by atoms with Crippen LogP contribution in [-0.2, 0) is 16.6 Å². The van der Waals surface area contributed by atoms with Gasteiger partial charge in [0, 0.05) is 43.3 Å². The zero-order chi connectivity index (χ0) is 17.7. The maximum atomic E-state index is 11.9. The van der Waals surface area contributed by atoms with Gasteiger partial charge in [-0.25, -0.2) is 12.7 Å². The smallest absolute Gasteiger partial charge is 0.211 e. The molecule has 0 radical (unpaired) electrons. The number of benzene rings is 1. The molecule has 2 atom stereocenters. The van der Waals surface area contributed by atoms with Crippen LogP contribution in [0.25, 0.3) is 10.9 Å². The van der Waals surface area contributed by atoms with Gasteiger partial charge in [0.05, 0.1) is 12.9 Å². The van der Waals surface area contributed by atoms with Gasteiger partial charge in [-0.05, 0) is 42.0 Å². The summed E-state index contributed by atoms with van der Waals surface area (Å²) in [5.41, 5.74) is 2.03. The molecule has 4 rings (SSSR count). The molecule has 2 N–H and O–H groups in total. The Labute approximate surface area is 148 Å². The number of H-pyrrole nitrogens is 1. The summed E-state index contributed by atoms with van der Waals surface area (Å²) in [4.78, 5) is 5.59. The summed E-state index contributed by atoms with van der Waals surface area (Å²) in [5.74, 6) is 0.245. The maximum absolute atomic E-state index is 11.9. The second-order valence-corrected chi connectivity index (χ2v) is 9.65. The number of aliphatic hydroxyl groups is 1. The summed E-state index contributed by atoms with van der Waals surface area (Å²) in [6.45, 7) is 3.51. The van der Waals surface area contributed by atoms with Crippen molar-refractivity contribution < 1.29 is 13.5 Å². The number of nitrogens with one attached hydrogen (secondary N) is 1. The predicted octanol–water partition coefficient (Wildman–Crippen LogP) is 1.24. The molecule has 2 aliphatic rings. The Balaban J connectivity index is 1.52. The van der Waals surface area contributed by atoms with Gasteiger partial charge in [0.2, 0.25) is 10.0 Å². The first-order valence-corrected chi connectivity index (χ1v) is 10.6. The van der Waals surface area contributed by atoms with Crippen LogP contribution in [0.15, 0.2) is 30.5 Å². The number of aliphatic hydroxyl groups excluding tert-OH is 1. The first kappa shape index (κ1) is 17.0. The average molecular weight is 363 g/mol. The number of likely N-dealkylation sites (tertiary alicyclic amines) is 1. The summed E-state index contributed by atoms with van der Waals surface area (Å²) < 4.78 is 25.4. The number of hydrogen-bond donors (Lipinski definition) is 2. The zero-order valence-electron chi connectivity index (χ0n) is 14.5. The zero-order valence-corrected chi connectivity index (χ0v) is 15.3. The van der Waals surface area contributed by atoms with E-state index in [1.54, 1.807) is 4.31 Å². The van der Waals surface area contributed by atoms with E-state index < -0.39 is 10.0 Å². The average Bonchev–Trinajstić information content (AvgIpc) is 3.18. The van der Waals surface area contributed by atoms with Gasteiger partial charge in [0.1, 0.15) is 0 Å². The van der Waals surface area contributed by atoms with Gasteiger partial charge >= 0.3 is 0 Å². The van der Waals surface area contributed by atoms with Crippen LogP contribution in [0.4, 0.5) is 0 Å². The maximum Gasteiger partial charge on any atom is 0.211 e. The van der Waals surface area contributed by atoms with Crippen LogP contribution < -0.4 is 0 Å². The van der Waals surface area contributed by atoms with E-state index in [9.17, 15) is 13.5 Å². The molecule has 2 fully saturated rings. The van der Waals surface area contributed by atoms with Crippen LogP contribution in [0.2, 0.25) is 0 Å². The van der Waals surface area contributed by atoms with Crippen molar-refractivity contribution in [3.63, 3.8) is 0 Å². The van der Waals surface area contributed by atoms with Crippen LogP contribution in [0.5, 0.6) is 0 Å². The second kappa shape index (κ2) is 6.09. The van der Waals surface area contributed by atoms with E-state index in [0.717, 1.165) is 31.6 Å². The number of nitrogens with zero attached hydrogens (tertiary/aromatic N) is 2. The van der Waals surface area contributed by atoms with Crippen molar-refractivity contribution >= 4 is 20.9 Å². The minimum Gasteiger partial charge on any atom is -0.396 e. The molecule has 25 heavy (non-hydrogen) atoms. The fraction of sp³-hybridized carbons (Fsp3) is 0.556. The van der Waals surface area contributed by atoms with E-state index in [1.165, 1.54) is 17.2 Å². The van der Waals surface area contributed by atoms with E-state index >= 15 is 0 Å². The topological polar surface area (TPSA) is 76.6 Å². The lowest BCUT2D eigenvalue weighted by atomic mass is 9.74. The van der Waals surface area contributed by atoms with Gasteiger partial charge in [-0.1, -0.05) is 12.1 Å². The summed E-state index contributed by atoms with van der Waals surface area (Å²) in [5, 5.41) is 11.3. The molecule has 2 aliphatic heterocycles. The number of aromatic nitrogens is 1. The Morgan fingerprint density at radius 1 is 1.32 bits per heavy atom. The first-order valence-electron chi connectivity index (χ1n) is 8.74. The molecule has 7 heteroatoms.